The number of benzene rings is 1. The molecular formula is C14H21BrN2O. The van der Waals surface area contributed by atoms with Gasteiger partial charge in [-0.15, -0.1) is 0 Å². The van der Waals surface area contributed by atoms with Crippen LogP contribution in [0.5, 0.6) is 0 Å². The fourth-order valence-corrected chi connectivity index (χ4v) is 3.06. The van der Waals surface area contributed by atoms with E-state index >= 15 is 0 Å². The summed E-state index contributed by atoms with van der Waals surface area (Å²) in [5, 5.41) is 0. The molecule has 18 heavy (non-hydrogen) atoms. The molecule has 1 aromatic carbocycles. The Morgan fingerprint density at radius 1 is 1.50 bits per heavy atom. The second-order valence-corrected chi connectivity index (χ2v) is 5.94. The number of ether oxygens (including phenoxy) is 1. The predicted molar refractivity (Wildman–Crippen MR) is 77.5 cm³/mol. The van der Waals surface area contributed by atoms with Crippen molar-refractivity contribution in [1.29, 1.82) is 0 Å². The Morgan fingerprint density at radius 2 is 2.28 bits per heavy atom. The van der Waals surface area contributed by atoms with Crippen LogP contribution in [0.25, 0.3) is 0 Å². The third-order valence-electron chi connectivity index (χ3n) is 3.46. The third-order valence-corrected chi connectivity index (χ3v) is 3.96. The SMILES string of the molecule is CC(N)C(c1cccc(Br)c1)N1CCOCC1C. The monoisotopic (exact) mass is 312 g/mol. The van der Waals surface area contributed by atoms with Crippen molar-refractivity contribution in [2.45, 2.75) is 32.0 Å². The Bertz CT molecular complexity index is 397. The normalized spacial score (nSPS) is 24.8. The van der Waals surface area contributed by atoms with Crippen LogP contribution in [0.15, 0.2) is 28.7 Å². The Labute approximate surface area is 117 Å². The molecule has 1 aliphatic heterocycles. The molecule has 3 unspecified atom stereocenters. The van der Waals surface area contributed by atoms with Crippen molar-refractivity contribution >= 4 is 15.9 Å². The molecule has 0 saturated carbocycles. The lowest BCUT2D eigenvalue weighted by molar-refractivity contribution is -0.0268. The van der Waals surface area contributed by atoms with Gasteiger partial charge in [0.05, 0.1) is 19.3 Å². The average Bonchev–Trinajstić information content (AvgIpc) is 2.32. The first-order valence-electron chi connectivity index (χ1n) is 6.44. The highest BCUT2D eigenvalue weighted by atomic mass is 79.9. The van der Waals surface area contributed by atoms with Crippen LogP contribution in [-0.2, 0) is 4.74 Å². The van der Waals surface area contributed by atoms with Crippen molar-refractivity contribution < 1.29 is 4.74 Å². The quantitative estimate of drug-likeness (QED) is 0.932. The van der Waals surface area contributed by atoms with E-state index in [-0.39, 0.29) is 12.1 Å². The summed E-state index contributed by atoms with van der Waals surface area (Å²) in [6.07, 6.45) is 0. The molecule has 3 atom stereocenters. The Hall–Kier alpha value is -0.420. The van der Waals surface area contributed by atoms with Crippen LogP contribution in [0.1, 0.15) is 25.5 Å². The Kier molecular flexibility index (Phi) is 4.78. The minimum Gasteiger partial charge on any atom is -0.379 e. The fraction of sp³-hybridized carbons (Fsp3) is 0.571. The molecule has 0 bridgehead atoms. The minimum absolute atomic E-state index is 0.0971. The van der Waals surface area contributed by atoms with E-state index in [0.717, 1.165) is 24.2 Å². The summed E-state index contributed by atoms with van der Waals surface area (Å²) in [4.78, 5) is 2.45. The Balaban J connectivity index is 2.27. The molecule has 4 heteroatoms. The van der Waals surface area contributed by atoms with Gasteiger partial charge >= 0.3 is 0 Å². The van der Waals surface area contributed by atoms with Crippen molar-refractivity contribution in [3.8, 4) is 0 Å². The summed E-state index contributed by atoms with van der Waals surface area (Å²) in [7, 11) is 0. The van der Waals surface area contributed by atoms with Gasteiger partial charge in [-0.2, -0.15) is 0 Å². The van der Waals surface area contributed by atoms with E-state index in [9.17, 15) is 0 Å². The largest absolute Gasteiger partial charge is 0.379 e. The molecule has 1 aromatic rings. The van der Waals surface area contributed by atoms with E-state index in [1.54, 1.807) is 0 Å². The zero-order chi connectivity index (χ0) is 13.1. The third kappa shape index (κ3) is 3.12. The maximum Gasteiger partial charge on any atom is 0.0620 e. The summed E-state index contributed by atoms with van der Waals surface area (Å²) < 4.78 is 6.61. The van der Waals surface area contributed by atoms with Gasteiger partial charge in [0.1, 0.15) is 0 Å². The van der Waals surface area contributed by atoms with Crippen LogP contribution >= 0.6 is 15.9 Å². The van der Waals surface area contributed by atoms with Crippen molar-refractivity contribution in [3.05, 3.63) is 34.3 Å². The molecule has 0 amide bonds. The molecule has 2 N–H and O–H groups in total. The van der Waals surface area contributed by atoms with Gasteiger partial charge in [0.2, 0.25) is 0 Å². The first-order chi connectivity index (χ1) is 8.59. The topological polar surface area (TPSA) is 38.5 Å². The lowest BCUT2D eigenvalue weighted by Gasteiger charge is -2.41. The van der Waals surface area contributed by atoms with E-state index in [1.165, 1.54) is 5.56 Å². The van der Waals surface area contributed by atoms with Gasteiger partial charge in [0.15, 0.2) is 0 Å². The lowest BCUT2D eigenvalue weighted by Crippen LogP contribution is -2.50. The Morgan fingerprint density at radius 3 is 2.89 bits per heavy atom. The van der Waals surface area contributed by atoms with Crippen LogP contribution < -0.4 is 5.73 Å². The van der Waals surface area contributed by atoms with Crippen LogP contribution in [-0.4, -0.2) is 36.7 Å². The molecular weight excluding hydrogens is 292 g/mol. The molecule has 3 nitrogen and oxygen atoms in total. The maximum atomic E-state index is 6.21. The van der Waals surface area contributed by atoms with Crippen molar-refractivity contribution in [1.82, 2.24) is 4.90 Å². The predicted octanol–water partition coefficient (Wildman–Crippen LogP) is 2.56. The summed E-state index contributed by atoms with van der Waals surface area (Å²) in [6.45, 7) is 6.80. The second kappa shape index (κ2) is 6.15. The molecule has 1 aliphatic rings. The van der Waals surface area contributed by atoms with Crippen molar-refractivity contribution in [2.24, 2.45) is 5.73 Å². The molecule has 0 aromatic heterocycles. The van der Waals surface area contributed by atoms with Gasteiger partial charge in [-0.3, -0.25) is 4.90 Å². The standard InChI is InChI=1S/C14H21BrN2O/c1-10-9-18-7-6-17(10)14(11(2)16)12-4-3-5-13(15)8-12/h3-5,8,10-11,14H,6-7,9,16H2,1-2H3. The van der Waals surface area contributed by atoms with Gasteiger partial charge in [-0.25, -0.2) is 0 Å². The van der Waals surface area contributed by atoms with Gasteiger partial charge in [0.25, 0.3) is 0 Å². The zero-order valence-corrected chi connectivity index (χ0v) is 12.6. The average molecular weight is 313 g/mol. The highest BCUT2D eigenvalue weighted by Gasteiger charge is 2.30. The fourth-order valence-electron chi connectivity index (χ4n) is 2.64. The summed E-state index contributed by atoms with van der Waals surface area (Å²) >= 11 is 3.53. The van der Waals surface area contributed by atoms with Crippen LogP contribution in [0, 0.1) is 0 Å². The first kappa shape index (κ1) is 14.0. The van der Waals surface area contributed by atoms with E-state index in [2.05, 4.69) is 52.9 Å². The van der Waals surface area contributed by atoms with E-state index in [1.807, 2.05) is 6.07 Å². The number of hydrogen-bond acceptors (Lipinski definition) is 3. The second-order valence-electron chi connectivity index (χ2n) is 5.02. The molecule has 100 valence electrons. The molecule has 0 aliphatic carbocycles. The van der Waals surface area contributed by atoms with E-state index in [4.69, 9.17) is 10.5 Å². The molecule has 0 radical (unpaired) electrons. The molecule has 1 saturated heterocycles. The summed E-state index contributed by atoms with van der Waals surface area (Å²) in [6, 6.07) is 9.19. The van der Waals surface area contributed by atoms with E-state index < -0.39 is 0 Å². The zero-order valence-electron chi connectivity index (χ0n) is 11.0. The van der Waals surface area contributed by atoms with Gasteiger partial charge in [0, 0.05) is 23.1 Å². The van der Waals surface area contributed by atoms with Crippen LogP contribution in [0.4, 0.5) is 0 Å². The molecule has 0 spiro atoms. The van der Waals surface area contributed by atoms with Gasteiger partial charge in [-0.05, 0) is 31.5 Å². The van der Waals surface area contributed by atoms with E-state index in [0.29, 0.717) is 6.04 Å². The number of hydrogen-bond donors (Lipinski definition) is 1. The molecule has 2 rings (SSSR count). The first-order valence-corrected chi connectivity index (χ1v) is 7.23. The summed E-state index contributed by atoms with van der Waals surface area (Å²) in [5.41, 5.74) is 7.49. The van der Waals surface area contributed by atoms with Crippen LogP contribution in [0.2, 0.25) is 0 Å². The number of morpholine rings is 1. The highest BCUT2D eigenvalue weighted by molar-refractivity contribution is 9.10. The smallest absolute Gasteiger partial charge is 0.0620 e. The number of halogens is 1. The number of rotatable bonds is 3. The van der Waals surface area contributed by atoms with Crippen molar-refractivity contribution in [3.63, 3.8) is 0 Å². The molecule has 1 fully saturated rings. The highest BCUT2D eigenvalue weighted by Crippen LogP contribution is 2.28. The maximum absolute atomic E-state index is 6.21. The minimum atomic E-state index is 0.0971. The molecule has 1 heterocycles. The van der Waals surface area contributed by atoms with Crippen LogP contribution in [0.3, 0.4) is 0 Å². The van der Waals surface area contributed by atoms with Gasteiger partial charge < -0.3 is 10.5 Å². The number of nitrogens with two attached hydrogens (primary N) is 1. The van der Waals surface area contributed by atoms with Crippen molar-refractivity contribution in [2.75, 3.05) is 19.8 Å². The summed E-state index contributed by atoms with van der Waals surface area (Å²) in [5.74, 6) is 0. The lowest BCUT2D eigenvalue weighted by atomic mass is 9.97. The van der Waals surface area contributed by atoms with Gasteiger partial charge in [-0.1, -0.05) is 28.1 Å². The number of nitrogens with zero attached hydrogens (tertiary/aromatic N) is 1.